The number of nitrogens with one attached hydrogen (secondary N) is 1. The van der Waals surface area contributed by atoms with Crippen LogP contribution in [0.15, 0.2) is 86.1 Å². The lowest BCUT2D eigenvalue weighted by atomic mass is 9.79. The van der Waals surface area contributed by atoms with E-state index in [2.05, 4.69) is 37.5 Å². The van der Waals surface area contributed by atoms with E-state index in [9.17, 15) is 14.9 Å². The molecule has 2 aliphatic rings. The fourth-order valence-electron chi connectivity index (χ4n) is 4.70. The van der Waals surface area contributed by atoms with Crippen molar-refractivity contribution in [1.29, 1.82) is 5.26 Å². The molecule has 3 N–H and O–H groups in total. The third kappa shape index (κ3) is 5.89. The van der Waals surface area contributed by atoms with Gasteiger partial charge in [0.25, 0.3) is 0 Å². The lowest BCUT2D eigenvalue weighted by Gasteiger charge is -2.37. The minimum absolute atomic E-state index is 0.00673. The maximum absolute atomic E-state index is 13.2. The summed E-state index contributed by atoms with van der Waals surface area (Å²) >= 11 is 6.00. The van der Waals surface area contributed by atoms with Crippen LogP contribution in [0, 0.1) is 24.2 Å². The molecule has 0 bridgehead atoms. The molecule has 1 aromatic heterocycles. The van der Waals surface area contributed by atoms with E-state index in [1.807, 2.05) is 67.6 Å². The number of allylic oxidation sites excluding steroid dienone is 4. The first-order valence-electron chi connectivity index (χ1n) is 12.6. The summed E-state index contributed by atoms with van der Waals surface area (Å²) in [4.78, 5) is 27.5. The Morgan fingerprint density at radius 1 is 1.27 bits per heavy atom. The molecule has 0 saturated heterocycles. The summed E-state index contributed by atoms with van der Waals surface area (Å²) in [5.74, 6) is -0.314. The minimum atomic E-state index is -0.532. The Bertz CT molecular complexity index is 1610. The fraction of sp³-hybridized carbons (Fsp3) is 0.207. The summed E-state index contributed by atoms with van der Waals surface area (Å²) in [7, 11) is 0. The average molecular weight is 634 g/mol. The molecule has 11 heteroatoms. The van der Waals surface area contributed by atoms with Crippen molar-refractivity contribution in [2.24, 2.45) is 11.7 Å². The lowest BCUT2D eigenvalue weighted by molar-refractivity contribution is -0.116. The number of thioether (sulfide) groups is 1. The first kappa shape index (κ1) is 27.8. The van der Waals surface area contributed by atoms with Crippen molar-refractivity contribution in [3.05, 3.63) is 92.9 Å². The third-order valence-electron chi connectivity index (χ3n) is 6.55. The molecule has 0 spiro atoms. The molecule has 0 radical (unpaired) electrons. The SMILES string of the molecule is Cc1ccc(NC(=O)CSc2nnc(N3C(N)=C(C#N)C(/C=C/c4ccccc4)C4=C3CCCC4=O)s2)c(Br)c1. The number of amides is 1. The molecule has 0 fully saturated rings. The van der Waals surface area contributed by atoms with Crippen LogP contribution in [0.25, 0.3) is 6.08 Å². The van der Waals surface area contributed by atoms with Crippen LogP contribution in [-0.2, 0) is 9.59 Å². The van der Waals surface area contributed by atoms with Gasteiger partial charge < -0.3 is 11.1 Å². The van der Waals surface area contributed by atoms with Gasteiger partial charge in [0.2, 0.25) is 11.0 Å². The molecular formula is C29H25BrN6O2S2. The molecular weight excluding hydrogens is 608 g/mol. The van der Waals surface area contributed by atoms with Crippen molar-refractivity contribution in [2.75, 3.05) is 16.0 Å². The van der Waals surface area contributed by atoms with E-state index in [0.717, 1.165) is 21.3 Å². The molecule has 202 valence electrons. The summed E-state index contributed by atoms with van der Waals surface area (Å²) in [6, 6.07) is 17.7. The van der Waals surface area contributed by atoms with Crippen LogP contribution in [0.2, 0.25) is 0 Å². The number of carbonyl (C=O) groups is 2. The van der Waals surface area contributed by atoms with E-state index in [1.165, 1.54) is 23.1 Å². The number of nitriles is 1. The predicted octanol–water partition coefficient (Wildman–Crippen LogP) is 6.19. The Morgan fingerprint density at radius 3 is 2.83 bits per heavy atom. The molecule has 1 unspecified atom stereocenters. The highest BCUT2D eigenvalue weighted by Crippen LogP contribution is 2.44. The van der Waals surface area contributed by atoms with Gasteiger partial charge in [-0.25, -0.2) is 0 Å². The summed E-state index contributed by atoms with van der Waals surface area (Å²) in [6.45, 7) is 1.98. The number of nitrogens with two attached hydrogens (primary N) is 1. The molecule has 40 heavy (non-hydrogen) atoms. The second kappa shape index (κ2) is 12.2. The summed E-state index contributed by atoms with van der Waals surface area (Å²) in [6.07, 6.45) is 5.53. The van der Waals surface area contributed by atoms with Crippen molar-refractivity contribution >= 4 is 67.6 Å². The number of aryl methyl sites for hydroxylation is 1. The molecule has 8 nitrogen and oxygen atoms in total. The van der Waals surface area contributed by atoms with Crippen LogP contribution in [0.4, 0.5) is 10.8 Å². The van der Waals surface area contributed by atoms with Gasteiger partial charge >= 0.3 is 0 Å². The number of ketones is 1. The Morgan fingerprint density at radius 2 is 2.08 bits per heavy atom. The number of hydrogen-bond donors (Lipinski definition) is 2. The third-order valence-corrected chi connectivity index (χ3v) is 9.25. The summed E-state index contributed by atoms with van der Waals surface area (Å²) in [5.41, 5.74) is 11.0. The van der Waals surface area contributed by atoms with Crippen LogP contribution >= 0.6 is 39.0 Å². The number of benzene rings is 2. The predicted molar refractivity (Wildman–Crippen MR) is 162 cm³/mol. The van der Waals surface area contributed by atoms with Gasteiger partial charge in [-0.2, -0.15) is 5.26 Å². The highest BCUT2D eigenvalue weighted by atomic mass is 79.9. The van der Waals surface area contributed by atoms with Crippen LogP contribution in [0.5, 0.6) is 0 Å². The van der Waals surface area contributed by atoms with Gasteiger partial charge in [0.05, 0.1) is 23.1 Å². The molecule has 1 aliphatic carbocycles. The zero-order chi connectivity index (χ0) is 28.2. The van der Waals surface area contributed by atoms with Crippen molar-refractivity contribution in [1.82, 2.24) is 10.2 Å². The Hall–Kier alpha value is -3.72. The number of halogens is 1. The molecule has 2 heterocycles. The highest BCUT2D eigenvalue weighted by Gasteiger charge is 2.39. The molecule has 5 rings (SSSR count). The normalized spacial score (nSPS) is 17.3. The lowest BCUT2D eigenvalue weighted by Crippen LogP contribution is -2.39. The van der Waals surface area contributed by atoms with Gasteiger partial charge in [0.1, 0.15) is 5.82 Å². The number of anilines is 2. The van der Waals surface area contributed by atoms with Crippen molar-refractivity contribution in [3.63, 3.8) is 0 Å². The van der Waals surface area contributed by atoms with Gasteiger partial charge in [0.15, 0.2) is 10.1 Å². The van der Waals surface area contributed by atoms with E-state index in [0.29, 0.717) is 45.6 Å². The molecule has 3 aromatic rings. The van der Waals surface area contributed by atoms with Gasteiger partial charge in [-0.15, -0.1) is 10.2 Å². The number of Topliss-reactive ketones (excluding diaryl/α,β-unsaturated/α-hetero) is 1. The Labute approximate surface area is 248 Å². The largest absolute Gasteiger partial charge is 0.384 e. The minimum Gasteiger partial charge on any atom is -0.384 e. The Balaban J connectivity index is 1.38. The first-order chi connectivity index (χ1) is 19.4. The van der Waals surface area contributed by atoms with Gasteiger partial charge in [-0.3, -0.25) is 14.5 Å². The molecule has 1 atom stereocenters. The maximum atomic E-state index is 13.2. The average Bonchev–Trinajstić information content (AvgIpc) is 3.41. The van der Waals surface area contributed by atoms with Crippen LogP contribution in [0.1, 0.15) is 30.4 Å². The van der Waals surface area contributed by atoms with Gasteiger partial charge in [0, 0.05) is 28.1 Å². The van der Waals surface area contributed by atoms with Gasteiger partial charge in [-0.05, 0) is 59.0 Å². The number of nitrogens with zero attached hydrogens (tertiary/aromatic N) is 4. The monoisotopic (exact) mass is 632 g/mol. The zero-order valence-corrected chi connectivity index (χ0v) is 24.8. The van der Waals surface area contributed by atoms with E-state index >= 15 is 0 Å². The number of rotatable bonds is 7. The molecule has 2 aromatic carbocycles. The van der Waals surface area contributed by atoms with E-state index in [4.69, 9.17) is 5.73 Å². The van der Waals surface area contributed by atoms with Crippen molar-refractivity contribution < 1.29 is 9.59 Å². The van der Waals surface area contributed by atoms with E-state index in [1.54, 1.807) is 4.90 Å². The van der Waals surface area contributed by atoms with Crippen molar-refractivity contribution in [2.45, 2.75) is 30.5 Å². The fourth-order valence-corrected chi connectivity index (χ4v) is 6.97. The topological polar surface area (TPSA) is 125 Å². The van der Waals surface area contributed by atoms with Crippen LogP contribution in [-0.4, -0.2) is 27.6 Å². The second-order valence-corrected chi connectivity index (χ2v) is 12.3. The van der Waals surface area contributed by atoms with Gasteiger partial charge in [-0.1, -0.05) is 71.6 Å². The summed E-state index contributed by atoms with van der Waals surface area (Å²) < 4.78 is 1.39. The highest BCUT2D eigenvalue weighted by molar-refractivity contribution is 9.10. The zero-order valence-electron chi connectivity index (χ0n) is 21.6. The number of hydrogen-bond acceptors (Lipinski definition) is 9. The first-order valence-corrected chi connectivity index (χ1v) is 15.2. The second-order valence-electron chi connectivity index (χ2n) is 9.30. The maximum Gasteiger partial charge on any atom is 0.234 e. The quantitative estimate of drug-likeness (QED) is 0.295. The Kier molecular flexibility index (Phi) is 8.49. The smallest absolute Gasteiger partial charge is 0.234 e. The molecule has 1 amide bonds. The van der Waals surface area contributed by atoms with Crippen molar-refractivity contribution in [3.8, 4) is 6.07 Å². The molecule has 0 saturated carbocycles. The summed E-state index contributed by atoms with van der Waals surface area (Å²) in [5, 5.41) is 22.0. The van der Waals surface area contributed by atoms with E-state index in [-0.39, 0.29) is 23.3 Å². The standard InChI is InChI=1S/C29H25BrN6O2S2/c1-17-10-13-22(21(30)14-17)33-25(38)16-39-29-35-34-28(40-29)36-23-8-5-9-24(37)26(23)19(20(15-31)27(36)32)12-11-18-6-3-2-4-7-18/h2-4,6-7,10-14,19H,5,8-9,16,32H2,1H3,(H,33,38)/b12-11+. The van der Waals surface area contributed by atoms with Crippen LogP contribution < -0.4 is 16.0 Å². The number of carbonyl (C=O) groups excluding carboxylic acids is 2. The van der Waals surface area contributed by atoms with Crippen LogP contribution in [0.3, 0.4) is 0 Å². The number of aromatic nitrogens is 2. The van der Waals surface area contributed by atoms with E-state index < -0.39 is 5.92 Å². The molecule has 1 aliphatic heterocycles.